The number of hydrogen-bond acceptors (Lipinski definition) is 3. The normalized spacial score (nSPS) is 17.4. The highest BCUT2D eigenvalue weighted by Gasteiger charge is 2.22. The third kappa shape index (κ3) is 2.67. The molecule has 1 heterocycles. The third-order valence-corrected chi connectivity index (χ3v) is 3.72. The van der Waals surface area contributed by atoms with Gasteiger partial charge in [0.2, 0.25) is 0 Å². The van der Waals surface area contributed by atoms with Gasteiger partial charge in [-0.25, -0.2) is 0 Å². The molecule has 2 N–H and O–H groups in total. The van der Waals surface area contributed by atoms with Crippen LogP contribution < -0.4 is 5.32 Å². The van der Waals surface area contributed by atoms with Gasteiger partial charge in [-0.2, -0.15) is 0 Å². The summed E-state index contributed by atoms with van der Waals surface area (Å²) in [6.45, 7) is 0.944. The van der Waals surface area contributed by atoms with Gasteiger partial charge in [-0.15, -0.1) is 0 Å². The van der Waals surface area contributed by atoms with Crippen molar-refractivity contribution in [2.75, 3.05) is 0 Å². The Balaban J connectivity index is 1.64. The van der Waals surface area contributed by atoms with E-state index in [1.807, 2.05) is 24.4 Å². The Morgan fingerprint density at radius 1 is 1.16 bits per heavy atom. The van der Waals surface area contributed by atoms with Crippen LogP contribution in [0.5, 0.6) is 0 Å². The van der Waals surface area contributed by atoms with E-state index >= 15 is 0 Å². The van der Waals surface area contributed by atoms with Gasteiger partial charge in [0.1, 0.15) is 0 Å². The van der Waals surface area contributed by atoms with Crippen molar-refractivity contribution < 1.29 is 5.11 Å². The van der Waals surface area contributed by atoms with Crippen molar-refractivity contribution in [3.8, 4) is 0 Å². The summed E-state index contributed by atoms with van der Waals surface area (Å²) in [6.07, 6.45) is 4.11. The molecule has 3 nitrogen and oxygen atoms in total. The van der Waals surface area contributed by atoms with Gasteiger partial charge < -0.3 is 10.4 Å². The van der Waals surface area contributed by atoms with Crippen LogP contribution in [0.25, 0.3) is 0 Å². The first-order valence-corrected chi connectivity index (χ1v) is 6.72. The summed E-state index contributed by atoms with van der Waals surface area (Å²) in [4.78, 5) is 4.48. The number of aryl methyl sites for hydroxylation is 1. The van der Waals surface area contributed by atoms with Crippen LogP contribution in [0.1, 0.15) is 34.8 Å². The van der Waals surface area contributed by atoms with Gasteiger partial charge in [0.05, 0.1) is 18.3 Å². The van der Waals surface area contributed by atoms with E-state index in [1.165, 1.54) is 16.8 Å². The molecule has 0 spiro atoms. The van der Waals surface area contributed by atoms with Crippen LogP contribution in [0.4, 0.5) is 0 Å². The lowest BCUT2D eigenvalue weighted by Crippen LogP contribution is -2.19. The lowest BCUT2D eigenvalue weighted by Gasteiger charge is -2.13. The van der Waals surface area contributed by atoms with Crippen LogP contribution in [-0.2, 0) is 19.6 Å². The van der Waals surface area contributed by atoms with Gasteiger partial charge in [0, 0.05) is 12.7 Å². The fourth-order valence-electron chi connectivity index (χ4n) is 2.61. The number of nitrogens with one attached hydrogen (secondary N) is 1. The molecule has 0 aliphatic heterocycles. The molecule has 1 unspecified atom stereocenters. The highest BCUT2D eigenvalue weighted by Crippen LogP contribution is 2.28. The summed E-state index contributed by atoms with van der Waals surface area (Å²) in [5, 5.41) is 12.6. The summed E-state index contributed by atoms with van der Waals surface area (Å²) >= 11 is 0. The van der Waals surface area contributed by atoms with E-state index in [0.717, 1.165) is 24.9 Å². The molecule has 3 rings (SSSR count). The minimum atomic E-state index is 0.105. The van der Waals surface area contributed by atoms with Gasteiger partial charge in [0.15, 0.2) is 0 Å². The molecule has 1 atom stereocenters. The van der Waals surface area contributed by atoms with Crippen LogP contribution in [0, 0.1) is 0 Å². The second-order valence-electron chi connectivity index (χ2n) is 4.99. The molecule has 0 saturated heterocycles. The number of fused-ring (bicyclic) bond motifs is 1. The Bertz CT molecular complexity index is 551. The standard InChI is InChI=1S/C16H18N2O/c19-11-13-5-3-12(4-6-13)10-18-15-8-7-14-2-1-9-17-16(14)15/h1-6,9,15,18-19H,7-8,10-11H2. The molecule has 0 bridgehead atoms. The predicted octanol–water partition coefficient (Wildman–Crippen LogP) is 2.35. The predicted molar refractivity (Wildman–Crippen MR) is 74.5 cm³/mol. The van der Waals surface area contributed by atoms with E-state index in [0.29, 0.717) is 6.04 Å². The van der Waals surface area contributed by atoms with E-state index in [9.17, 15) is 0 Å². The highest BCUT2D eigenvalue weighted by molar-refractivity contribution is 5.28. The zero-order valence-electron chi connectivity index (χ0n) is 10.8. The first kappa shape index (κ1) is 12.3. The lowest BCUT2D eigenvalue weighted by molar-refractivity contribution is 0.282. The molecule has 1 aliphatic rings. The molecule has 0 saturated carbocycles. The van der Waals surface area contributed by atoms with E-state index in [1.54, 1.807) is 0 Å². The topological polar surface area (TPSA) is 45.1 Å². The monoisotopic (exact) mass is 254 g/mol. The molecule has 0 radical (unpaired) electrons. The fraction of sp³-hybridized carbons (Fsp3) is 0.312. The number of hydrogen-bond donors (Lipinski definition) is 2. The Kier molecular flexibility index (Phi) is 3.58. The third-order valence-electron chi connectivity index (χ3n) is 3.72. The van der Waals surface area contributed by atoms with Crippen molar-refractivity contribution in [1.82, 2.24) is 10.3 Å². The van der Waals surface area contributed by atoms with Crippen LogP contribution >= 0.6 is 0 Å². The molecule has 2 aromatic rings. The zero-order valence-corrected chi connectivity index (χ0v) is 10.8. The number of nitrogens with zero attached hydrogens (tertiary/aromatic N) is 1. The van der Waals surface area contributed by atoms with E-state index in [4.69, 9.17) is 5.11 Å². The van der Waals surface area contributed by atoms with Gasteiger partial charge in [-0.05, 0) is 35.6 Å². The second kappa shape index (κ2) is 5.51. The van der Waals surface area contributed by atoms with Gasteiger partial charge >= 0.3 is 0 Å². The second-order valence-corrected chi connectivity index (χ2v) is 4.99. The van der Waals surface area contributed by atoms with E-state index in [-0.39, 0.29) is 6.61 Å². The number of benzene rings is 1. The first-order chi connectivity index (χ1) is 9.36. The van der Waals surface area contributed by atoms with Crippen molar-refractivity contribution in [3.05, 3.63) is 65.0 Å². The molecule has 3 heteroatoms. The SMILES string of the molecule is OCc1ccc(CNC2CCc3cccnc32)cc1. The van der Waals surface area contributed by atoms with Crippen molar-refractivity contribution in [1.29, 1.82) is 0 Å². The van der Waals surface area contributed by atoms with Crippen molar-refractivity contribution in [3.63, 3.8) is 0 Å². The number of aliphatic hydroxyl groups is 1. The van der Waals surface area contributed by atoms with Crippen molar-refractivity contribution in [2.45, 2.75) is 32.0 Å². The van der Waals surface area contributed by atoms with Gasteiger partial charge in [-0.1, -0.05) is 30.3 Å². The van der Waals surface area contributed by atoms with Crippen LogP contribution in [0.15, 0.2) is 42.6 Å². The number of aromatic nitrogens is 1. The molecule has 0 amide bonds. The Morgan fingerprint density at radius 3 is 2.74 bits per heavy atom. The fourth-order valence-corrected chi connectivity index (χ4v) is 2.61. The van der Waals surface area contributed by atoms with Gasteiger partial charge in [0.25, 0.3) is 0 Å². The smallest absolute Gasteiger partial charge is 0.0681 e. The molecule has 19 heavy (non-hydrogen) atoms. The van der Waals surface area contributed by atoms with E-state index < -0.39 is 0 Å². The largest absolute Gasteiger partial charge is 0.392 e. The summed E-state index contributed by atoms with van der Waals surface area (Å²) in [6, 6.07) is 12.6. The Morgan fingerprint density at radius 2 is 1.95 bits per heavy atom. The van der Waals surface area contributed by atoms with Gasteiger partial charge in [-0.3, -0.25) is 4.98 Å². The lowest BCUT2D eigenvalue weighted by atomic mass is 10.1. The number of pyridine rings is 1. The minimum absolute atomic E-state index is 0.105. The quantitative estimate of drug-likeness (QED) is 0.880. The summed E-state index contributed by atoms with van der Waals surface area (Å²) in [5.41, 5.74) is 4.77. The first-order valence-electron chi connectivity index (χ1n) is 6.72. The maximum atomic E-state index is 9.02. The van der Waals surface area contributed by atoms with Crippen LogP contribution in [0.2, 0.25) is 0 Å². The maximum Gasteiger partial charge on any atom is 0.0681 e. The highest BCUT2D eigenvalue weighted by atomic mass is 16.3. The molecule has 1 aromatic heterocycles. The zero-order chi connectivity index (χ0) is 13.1. The Labute approximate surface area is 113 Å². The Hall–Kier alpha value is -1.71. The molecule has 98 valence electrons. The number of aliphatic hydroxyl groups excluding tert-OH is 1. The summed E-state index contributed by atoms with van der Waals surface area (Å²) < 4.78 is 0. The molecule has 1 aromatic carbocycles. The van der Waals surface area contributed by atoms with Crippen LogP contribution in [-0.4, -0.2) is 10.1 Å². The molecular formula is C16H18N2O. The van der Waals surface area contributed by atoms with E-state index in [2.05, 4.69) is 28.5 Å². The molecule has 0 fully saturated rings. The molecular weight excluding hydrogens is 236 g/mol. The summed E-state index contributed by atoms with van der Waals surface area (Å²) in [5.74, 6) is 0. The van der Waals surface area contributed by atoms with Crippen molar-refractivity contribution in [2.24, 2.45) is 0 Å². The number of rotatable bonds is 4. The average Bonchev–Trinajstić information content (AvgIpc) is 2.89. The van der Waals surface area contributed by atoms with Crippen molar-refractivity contribution >= 4 is 0 Å². The van der Waals surface area contributed by atoms with Crippen LogP contribution in [0.3, 0.4) is 0 Å². The molecule has 1 aliphatic carbocycles. The minimum Gasteiger partial charge on any atom is -0.392 e. The maximum absolute atomic E-state index is 9.02. The average molecular weight is 254 g/mol. The summed E-state index contributed by atoms with van der Waals surface area (Å²) in [7, 11) is 0.